The molecular formula is C23H20F3N5O4. The number of carboxylic acid groups (broad SMARTS) is 1. The van der Waals surface area contributed by atoms with Crippen LogP contribution in [-0.4, -0.2) is 56.5 Å². The van der Waals surface area contributed by atoms with Crippen molar-refractivity contribution in [1.82, 2.24) is 19.8 Å². The van der Waals surface area contributed by atoms with Gasteiger partial charge in [0.15, 0.2) is 0 Å². The molecular weight excluding hydrogens is 467 g/mol. The third-order valence-corrected chi connectivity index (χ3v) is 6.37. The minimum absolute atomic E-state index is 0.0533. The maximum Gasteiger partial charge on any atom is 0.416 e. The van der Waals surface area contributed by atoms with Crippen molar-refractivity contribution in [3.63, 3.8) is 0 Å². The highest BCUT2D eigenvalue weighted by Crippen LogP contribution is 2.34. The number of pyridine rings is 2. The summed E-state index contributed by atoms with van der Waals surface area (Å²) in [6.45, 7) is 0.677. The summed E-state index contributed by atoms with van der Waals surface area (Å²) >= 11 is 0. The predicted octanol–water partition coefficient (Wildman–Crippen LogP) is 3.44. The van der Waals surface area contributed by atoms with Crippen LogP contribution in [0.3, 0.4) is 0 Å². The number of benzene rings is 1. The van der Waals surface area contributed by atoms with E-state index < -0.39 is 29.8 Å². The zero-order valence-electron chi connectivity index (χ0n) is 18.2. The highest BCUT2D eigenvalue weighted by Gasteiger charge is 2.36. The molecule has 2 aliphatic heterocycles. The number of fused-ring (bicyclic) bond motifs is 3. The first-order valence-electron chi connectivity index (χ1n) is 10.7. The van der Waals surface area contributed by atoms with E-state index in [4.69, 9.17) is 10.5 Å². The summed E-state index contributed by atoms with van der Waals surface area (Å²) in [7, 11) is 0. The van der Waals surface area contributed by atoms with Crippen LogP contribution in [0, 0.1) is 0 Å². The summed E-state index contributed by atoms with van der Waals surface area (Å²) in [6.07, 6.45) is -4.24. The zero-order valence-corrected chi connectivity index (χ0v) is 18.2. The van der Waals surface area contributed by atoms with Gasteiger partial charge in [-0.05, 0) is 29.3 Å². The standard InChI is InChI=1S/C23H20F3N5O4/c24-23(25,26)13-3-1-12(2-4-13)19-9-30(22(33)34)5-6-31(19)21(32)17-7-14-15-10-35-11-16(15)20(27)29-18(14)8-28-17/h1-4,7-8,19H,5-6,9-11H2,(H2,27,29)(H,33,34)/t19-/m0/s1. The van der Waals surface area contributed by atoms with Crippen molar-refractivity contribution in [2.45, 2.75) is 25.4 Å². The van der Waals surface area contributed by atoms with E-state index in [9.17, 15) is 27.9 Å². The summed E-state index contributed by atoms with van der Waals surface area (Å²) in [5.74, 6) is -0.121. The number of ether oxygens (including phenoxy) is 1. The molecule has 2 aromatic heterocycles. The van der Waals surface area contributed by atoms with Gasteiger partial charge in [-0.15, -0.1) is 0 Å². The molecule has 4 heterocycles. The van der Waals surface area contributed by atoms with Gasteiger partial charge in [0, 0.05) is 30.6 Å². The van der Waals surface area contributed by atoms with Crippen molar-refractivity contribution < 1.29 is 32.6 Å². The maximum atomic E-state index is 13.5. The molecule has 1 aromatic carbocycles. The molecule has 0 saturated carbocycles. The van der Waals surface area contributed by atoms with Crippen LogP contribution >= 0.6 is 0 Å². The number of nitrogen functional groups attached to an aromatic ring is 1. The zero-order chi connectivity index (χ0) is 24.9. The Hall–Kier alpha value is -3.93. The van der Waals surface area contributed by atoms with Crippen molar-refractivity contribution in [2.75, 3.05) is 25.4 Å². The lowest BCUT2D eigenvalue weighted by molar-refractivity contribution is -0.137. The lowest BCUT2D eigenvalue weighted by Crippen LogP contribution is -2.52. The van der Waals surface area contributed by atoms with E-state index in [-0.39, 0.29) is 25.3 Å². The molecule has 2 amide bonds. The van der Waals surface area contributed by atoms with Gasteiger partial charge in [0.25, 0.3) is 5.91 Å². The van der Waals surface area contributed by atoms with Crippen LogP contribution in [0.1, 0.15) is 38.8 Å². The maximum absolute atomic E-state index is 13.5. The van der Waals surface area contributed by atoms with Gasteiger partial charge >= 0.3 is 12.3 Å². The number of halogens is 3. The molecule has 1 saturated heterocycles. The molecule has 3 aromatic rings. The molecule has 9 nitrogen and oxygen atoms in total. The SMILES string of the molecule is Nc1nc2cnc(C(=O)N3CCN(C(=O)O)C[C@H]3c3ccc(C(F)(F)F)cc3)cc2c2c1COC2. The Balaban J connectivity index is 1.51. The molecule has 3 N–H and O–H groups in total. The van der Waals surface area contributed by atoms with Crippen LogP contribution in [0.5, 0.6) is 0 Å². The topological polar surface area (TPSA) is 122 Å². The fourth-order valence-corrected chi connectivity index (χ4v) is 4.52. The van der Waals surface area contributed by atoms with Crippen molar-refractivity contribution >= 4 is 28.7 Å². The Bertz CT molecular complexity index is 1330. The Morgan fingerprint density at radius 2 is 1.83 bits per heavy atom. The number of rotatable bonds is 2. The van der Waals surface area contributed by atoms with E-state index in [0.717, 1.165) is 28.2 Å². The number of amides is 2. The summed E-state index contributed by atoms with van der Waals surface area (Å²) in [4.78, 5) is 36.3. The molecule has 182 valence electrons. The molecule has 0 aliphatic carbocycles. The summed E-state index contributed by atoms with van der Waals surface area (Å²) in [6, 6.07) is 5.20. The second-order valence-electron chi connectivity index (χ2n) is 8.40. The van der Waals surface area contributed by atoms with E-state index in [1.54, 1.807) is 6.07 Å². The number of hydrogen-bond acceptors (Lipinski definition) is 6. The molecule has 35 heavy (non-hydrogen) atoms. The van der Waals surface area contributed by atoms with Gasteiger partial charge < -0.3 is 25.4 Å². The Morgan fingerprint density at radius 3 is 2.51 bits per heavy atom. The van der Waals surface area contributed by atoms with Gasteiger partial charge in [0.1, 0.15) is 11.5 Å². The number of anilines is 1. The van der Waals surface area contributed by atoms with Crippen LogP contribution in [0.15, 0.2) is 36.5 Å². The van der Waals surface area contributed by atoms with Crippen molar-refractivity contribution in [3.05, 3.63) is 64.5 Å². The lowest BCUT2D eigenvalue weighted by atomic mass is 9.99. The van der Waals surface area contributed by atoms with Crippen LogP contribution in [0.2, 0.25) is 0 Å². The second-order valence-corrected chi connectivity index (χ2v) is 8.40. The van der Waals surface area contributed by atoms with E-state index in [1.807, 2.05) is 0 Å². The number of carbonyl (C=O) groups is 2. The fourth-order valence-electron chi connectivity index (χ4n) is 4.52. The molecule has 1 atom stereocenters. The van der Waals surface area contributed by atoms with Crippen LogP contribution in [0.25, 0.3) is 10.9 Å². The molecule has 0 radical (unpaired) electrons. The highest BCUT2D eigenvalue weighted by atomic mass is 19.4. The molecule has 2 aliphatic rings. The van der Waals surface area contributed by atoms with Gasteiger partial charge in [-0.2, -0.15) is 13.2 Å². The number of nitrogens with two attached hydrogens (primary N) is 1. The van der Waals surface area contributed by atoms with Crippen LogP contribution in [-0.2, 0) is 24.1 Å². The van der Waals surface area contributed by atoms with E-state index in [0.29, 0.717) is 35.5 Å². The number of alkyl halides is 3. The molecule has 0 bridgehead atoms. The normalized spacial score (nSPS) is 18.1. The third-order valence-electron chi connectivity index (χ3n) is 6.37. The first kappa shape index (κ1) is 22.8. The van der Waals surface area contributed by atoms with E-state index in [1.165, 1.54) is 23.2 Å². The van der Waals surface area contributed by atoms with Gasteiger partial charge in [-0.25, -0.2) is 14.8 Å². The summed E-state index contributed by atoms with van der Waals surface area (Å²) in [5.41, 5.74) is 7.77. The van der Waals surface area contributed by atoms with Crippen molar-refractivity contribution in [2.24, 2.45) is 0 Å². The number of carbonyl (C=O) groups excluding carboxylic acids is 1. The predicted molar refractivity (Wildman–Crippen MR) is 117 cm³/mol. The molecule has 1 fully saturated rings. The molecule has 12 heteroatoms. The Kier molecular flexibility index (Phi) is 5.47. The van der Waals surface area contributed by atoms with E-state index >= 15 is 0 Å². The Labute approximate surface area is 196 Å². The second kappa shape index (κ2) is 8.38. The summed E-state index contributed by atoms with van der Waals surface area (Å²) in [5, 5.41) is 10.1. The minimum atomic E-state index is -4.51. The average molecular weight is 487 g/mol. The average Bonchev–Trinajstić information content (AvgIpc) is 3.34. The highest BCUT2D eigenvalue weighted by molar-refractivity contribution is 5.97. The minimum Gasteiger partial charge on any atom is -0.465 e. The third kappa shape index (κ3) is 4.09. The number of piperazine rings is 1. The van der Waals surface area contributed by atoms with Crippen LogP contribution in [0.4, 0.5) is 23.8 Å². The lowest BCUT2D eigenvalue weighted by Gasteiger charge is -2.40. The molecule has 0 spiro atoms. The summed E-state index contributed by atoms with van der Waals surface area (Å²) < 4.78 is 44.6. The van der Waals surface area contributed by atoms with Gasteiger partial charge in [0.05, 0.1) is 36.5 Å². The smallest absolute Gasteiger partial charge is 0.416 e. The Morgan fingerprint density at radius 1 is 1.11 bits per heavy atom. The quantitative estimate of drug-likeness (QED) is 0.568. The van der Waals surface area contributed by atoms with Crippen molar-refractivity contribution in [1.29, 1.82) is 0 Å². The monoisotopic (exact) mass is 487 g/mol. The number of aromatic nitrogens is 2. The number of nitrogens with zero attached hydrogens (tertiary/aromatic N) is 4. The van der Waals surface area contributed by atoms with Gasteiger partial charge in [-0.1, -0.05) is 12.1 Å². The largest absolute Gasteiger partial charge is 0.465 e. The fraction of sp³-hybridized carbons (Fsp3) is 0.304. The first-order chi connectivity index (χ1) is 16.6. The van der Waals surface area contributed by atoms with Gasteiger partial charge in [0.2, 0.25) is 0 Å². The van der Waals surface area contributed by atoms with Crippen molar-refractivity contribution in [3.8, 4) is 0 Å². The van der Waals surface area contributed by atoms with Crippen LogP contribution < -0.4 is 5.73 Å². The number of hydrogen-bond donors (Lipinski definition) is 2. The van der Waals surface area contributed by atoms with E-state index in [2.05, 4.69) is 9.97 Å². The van der Waals surface area contributed by atoms with Gasteiger partial charge in [-0.3, -0.25) is 4.79 Å². The molecule has 5 rings (SSSR count). The molecule has 0 unspecified atom stereocenters. The first-order valence-corrected chi connectivity index (χ1v) is 10.7.